The molecule has 158 valence electrons. The average molecular weight is 445 g/mol. The molecule has 0 aliphatic carbocycles. The van der Waals surface area contributed by atoms with Crippen molar-refractivity contribution in [1.82, 2.24) is 0 Å². The minimum atomic E-state index is -3.82. The van der Waals surface area contributed by atoms with Crippen LogP contribution < -0.4 is 9.44 Å². The summed E-state index contributed by atoms with van der Waals surface area (Å²) in [7, 11) is -7.64. The molecular weight excluding hydrogens is 420 g/mol. The molecule has 0 aliphatic rings. The van der Waals surface area contributed by atoms with E-state index in [1.54, 1.807) is 44.2 Å². The summed E-state index contributed by atoms with van der Waals surface area (Å²) < 4.78 is 56.4. The molecule has 0 bridgehead atoms. The normalized spacial score (nSPS) is 11.9. The smallest absolute Gasteiger partial charge is 0.262 e. The topological polar surface area (TPSA) is 92.3 Å². The number of hydrogen-bond donors (Lipinski definition) is 2. The van der Waals surface area contributed by atoms with Crippen LogP contribution in [-0.2, 0) is 20.0 Å². The predicted octanol–water partition coefficient (Wildman–Crippen LogP) is 4.52. The lowest BCUT2D eigenvalue weighted by atomic mass is 10.1. The number of sulfonamides is 2. The van der Waals surface area contributed by atoms with Crippen LogP contribution in [0.2, 0.25) is 0 Å². The van der Waals surface area contributed by atoms with Gasteiger partial charge in [0.1, 0.15) is 0 Å². The Bertz CT molecular complexity index is 1220. The second-order valence-electron chi connectivity index (χ2n) is 7.19. The maximum absolute atomic E-state index is 12.8. The quantitative estimate of drug-likeness (QED) is 0.585. The molecule has 8 heteroatoms. The molecule has 0 heterocycles. The second kappa shape index (κ2) is 8.12. The monoisotopic (exact) mass is 444 g/mol. The van der Waals surface area contributed by atoms with Crippen LogP contribution in [-0.4, -0.2) is 16.8 Å². The summed E-state index contributed by atoms with van der Waals surface area (Å²) in [6, 6.07) is 16.3. The minimum Gasteiger partial charge on any atom is -0.280 e. The van der Waals surface area contributed by atoms with Gasteiger partial charge in [-0.25, -0.2) is 16.8 Å². The van der Waals surface area contributed by atoms with Crippen LogP contribution >= 0.6 is 0 Å². The zero-order valence-electron chi connectivity index (χ0n) is 17.2. The number of hydrogen-bond acceptors (Lipinski definition) is 4. The van der Waals surface area contributed by atoms with Crippen molar-refractivity contribution in [3.8, 4) is 0 Å². The Morgan fingerprint density at radius 3 is 1.33 bits per heavy atom. The van der Waals surface area contributed by atoms with Crippen LogP contribution in [0.15, 0.2) is 70.5 Å². The van der Waals surface area contributed by atoms with E-state index >= 15 is 0 Å². The molecule has 0 unspecified atom stereocenters. The van der Waals surface area contributed by atoms with Crippen molar-refractivity contribution >= 4 is 31.4 Å². The molecular formula is C22H24N2O4S2. The van der Waals surface area contributed by atoms with Crippen LogP contribution in [0.5, 0.6) is 0 Å². The molecule has 0 amide bonds. The van der Waals surface area contributed by atoms with Gasteiger partial charge in [-0.3, -0.25) is 9.44 Å². The molecule has 30 heavy (non-hydrogen) atoms. The van der Waals surface area contributed by atoms with E-state index in [-0.39, 0.29) is 21.2 Å². The summed E-state index contributed by atoms with van der Waals surface area (Å²) in [5.41, 5.74) is 3.59. The Hall–Kier alpha value is -2.84. The molecule has 0 atom stereocenters. The first-order valence-electron chi connectivity index (χ1n) is 9.29. The average Bonchev–Trinajstić information content (AvgIpc) is 2.65. The van der Waals surface area contributed by atoms with Gasteiger partial charge in [-0.1, -0.05) is 30.3 Å². The molecule has 0 aromatic heterocycles. The molecule has 3 aromatic carbocycles. The fourth-order valence-corrected chi connectivity index (χ4v) is 5.84. The van der Waals surface area contributed by atoms with Crippen LogP contribution in [0.3, 0.4) is 0 Å². The van der Waals surface area contributed by atoms with Crippen molar-refractivity contribution in [2.75, 3.05) is 9.44 Å². The highest BCUT2D eigenvalue weighted by atomic mass is 32.2. The van der Waals surface area contributed by atoms with Crippen molar-refractivity contribution in [2.45, 2.75) is 37.5 Å². The second-order valence-corrected chi connectivity index (χ2v) is 10.5. The fraction of sp³-hybridized carbons (Fsp3) is 0.182. The minimum absolute atomic E-state index is 0.184. The van der Waals surface area contributed by atoms with Gasteiger partial charge >= 0.3 is 0 Å². The Kier molecular flexibility index (Phi) is 5.92. The van der Waals surface area contributed by atoms with E-state index in [0.29, 0.717) is 11.1 Å². The number of benzene rings is 3. The van der Waals surface area contributed by atoms with Gasteiger partial charge in [-0.15, -0.1) is 0 Å². The van der Waals surface area contributed by atoms with Crippen LogP contribution in [0.4, 0.5) is 11.4 Å². The van der Waals surface area contributed by atoms with Crippen molar-refractivity contribution < 1.29 is 16.8 Å². The summed E-state index contributed by atoms with van der Waals surface area (Å²) in [4.78, 5) is 0.368. The largest absolute Gasteiger partial charge is 0.280 e. The van der Waals surface area contributed by atoms with Crippen molar-refractivity contribution in [3.05, 3.63) is 82.9 Å². The number of rotatable bonds is 6. The summed E-state index contributed by atoms with van der Waals surface area (Å²) in [5, 5.41) is 0. The molecule has 6 nitrogen and oxygen atoms in total. The summed E-state index contributed by atoms with van der Waals surface area (Å²) in [5.74, 6) is 0. The first-order chi connectivity index (χ1) is 14.0. The highest BCUT2D eigenvalue weighted by Gasteiger charge is 2.20. The first-order valence-corrected chi connectivity index (χ1v) is 12.3. The third kappa shape index (κ3) is 4.49. The maximum Gasteiger partial charge on any atom is 0.262 e. The Morgan fingerprint density at radius 2 is 0.933 bits per heavy atom. The zero-order valence-corrected chi connectivity index (χ0v) is 18.9. The van der Waals surface area contributed by atoms with Crippen molar-refractivity contribution in [2.24, 2.45) is 0 Å². The molecule has 3 aromatic rings. The van der Waals surface area contributed by atoms with E-state index in [1.165, 1.54) is 18.2 Å². The summed E-state index contributed by atoms with van der Waals surface area (Å²) in [6.45, 7) is 7.19. The van der Waals surface area contributed by atoms with E-state index in [2.05, 4.69) is 9.44 Å². The van der Waals surface area contributed by atoms with Crippen LogP contribution in [0, 0.1) is 27.7 Å². The van der Waals surface area contributed by atoms with Gasteiger partial charge in [-0.05, 0) is 80.3 Å². The highest BCUT2D eigenvalue weighted by Crippen LogP contribution is 2.25. The van der Waals surface area contributed by atoms with Crippen LogP contribution in [0.1, 0.15) is 22.3 Å². The summed E-state index contributed by atoms with van der Waals surface area (Å²) in [6.07, 6.45) is 0. The SMILES string of the molecule is Cc1cccc(S(=O)(=O)Nc2cccc(NS(=O)(=O)c3cccc(C)c3C)c2)c1C. The van der Waals surface area contributed by atoms with Gasteiger partial charge in [-0.2, -0.15) is 0 Å². The van der Waals surface area contributed by atoms with Gasteiger partial charge in [0.05, 0.1) is 21.2 Å². The maximum atomic E-state index is 12.8. The van der Waals surface area contributed by atoms with Crippen molar-refractivity contribution in [1.29, 1.82) is 0 Å². The lowest BCUT2D eigenvalue weighted by Crippen LogP contribution is -2.16. The van der Waals surface area contributed by atoms with Gasteiger partial charge in [0.2, 0.25) is 0 Å². The van der Waals surface area contributed by atoms with E-state index in [0.717, 1.165) is 11.1 Å². The van der Waals surface area contributed by atoms with Crippen LogP contribution in [0.25, 0.3) is 0 Å². The molecule has 0 radical (unpaired) electrons. The third-order valence-electron chi connectivity index (χ3n) is 5.06. The Labute approximate surface area is 178 Å². The molecule has 0 saturated heterocycles. The van der Waals surface area contributed by atoms with Gasteiger partial charge < -0.3 is 0 Å². The standard InChI is InChI=1S/C22H24N2O4S2/c1-15-8-5-12-21(17(15)3)29(25,26)23-19-10-7-11-20(14-19)24-30(27,28)22-13-6-9-16(2)18(22)4/h5-14,23-24H,1-4H3. The highest BCUT2D eigenvalue weighted by molar-refractivity contribution is 7.93. The molecule has 0 aliphatic heterocycles. The fourth-order valence-electron chi connectivity index (χ4n) is 3.10. The first kappa shape index (κ1) is 21.9. The molecule has 0 spiro atoms. The summed E-state index contributed by atoms with van der Waals surface area (Å²) >= 11 is 0. The third-order valence-corrected chi connectivity index (χ3v) is 8.11. The molecule has 0 saturated carbocycles. The van der Waals surface area contributed by atoms with E-state index < -0.39 is 20.0 Å². The molecule has 0 fully saturated rings. The van der Waals surface area contributed by atoms with Gasteiger partial charge in [0.25, 0.3) is 20.0 Å². The van der Waals surface area contributed by atoms with Crippen molar-refractivity contribution in [3.63, 3.8) is 0 Å². The van der Waals surface area contributed by atoms with Gasteiger partial charge in [0.15, 0.2) is 0 Å². The number of aryl methyl sites for hydroxylation is 2. The van der Waals surface area contributed by atoms with E-state index in [1.807, 2.05) is 26.0 Å². The van der Waals surface area contributed by atoms with E-state index in [4.69, 9.17) is 0 Å². The Balaban J connectivity index is 1.90. The number of nitrogens with one attached hydrogen (secondary N) is 2. The zero-order chi connectivity index (χ0) is 22.1. The molecule has 2 N–H and O–H groups in total. The van der Waals surface area contributed by atoms with E-state index in [9.17, 15) is 16.8 Å². The number of anilines is 2. The van der Waals surface area contributed by atoms with Gasteiger partial charge in [0, 0.05) is 0 Å². The molecule has 3 rings (SSSR count). The lowest BCUT2D eigenvalue weighted by Gasteiger charge is -2.14. The predicted molar refractivity (Wildman–Crippen MR) is 120 cm³/mol. The lowest BCUT2D eigenvalue weighted by molar-refractivity contribution is 0.599. The Morgan fingerprint density at radius 1 is 0.567 bits per heavy atom.